The van der Waals surface area contributed by atoms with Crippen molar-refractivity contribution in [2.45, 2.75) is 157 Å². The fraction of sp³-hybridized carbons (Fsp3) is 0.968. The molecule has 4 fully saturated rings. The second-order valence-electron chi connectivity index (χ2n) is 12.9. The summed E-state index contributed by atoms with van der Waals surface area (Å²) in [6.45, 7) is 2.77. The van der Waals surface area contributed by atoms with E-state index in [0.29, 0.717) is 6.42 Å². The molecule has 0 bridgehead atoms. The molecule has 3 aliphatic heterocycles. The molecule has 14 atom stereocenters. The van der Waals surface area contributed by atoms with Gasteiger partial charge in [0.05, 0.1) is 25.4 Å². The van der Waals surface area contributed by atoms with Crippen molar-refractivity contribution in [3.63, 3.8) is 0 Å². The van der Waals surface area contributed by atoms with Crippen molar-refractivity contribution < 1.29 is 73.7 Å². The number of carboxylic acids is 1. The lowest BCUT2D eigenvalue weighted by atomic mass is 9.85. The van der Waals surface area contributed by atoms with Crippen LogP contribution in [0.25, 0.3) is 0 Å². The molecule has 1 saturated carbocycles. The maximum absolute atomic E-state index is 12.4. The minimum absolute atomic E-state index is 0.157. The summed E-state index contributed by atoms with van der Waals surface area (Å²) in [7, 11) is 0. The lowest BCUT2D eigenvalue weighted by Gasteiger charge is -2.48. The third-order valence-electron chi connectivity index (χ3n) is 9.53. The molecule has 3 heterocycles. The van der Waals surface area contributed by atoms with Gasteiger partial charge in [-0.2, -0.15) is 0 Å². The van der Waals surface area contributed by atoms with Crippen molar-refractivity contribution >= 4 is 5.97 Å². The molecule has 0 spiro atoms. The van der Waals surface area contributed by atoms with Gasteiger partial charge in [0.25, 0.3) is 0 Å². The summed E-state index contributed by atoms with van der Waals surface area (Å²) in [4.78, 5) is 12.4. The number of hydrogen-bond acceptors (Lipinski definition) is 14. The van der Waals surface area contributed by atoms with Crippen molar-refractivity contribution in [1.29, 1.82) is 0 Å². The van der Waals surface area contributed by atoms with Crippen molar-refractivity contribution in [3.8, 4) is 0 Å². The Labute approximate surface area is 269 Å². The van der Waals surface area contributed by atoms with Gasteiger partial charge in [0, 0.05) is 13.2 Å². The van der Waals surface area contributed by atoms with Crippen LogP contribution in [0, 0.1) is 5.92 Å². The second-order valence-corrected chi connectivity index (χ2v) is 12.9. The summed E-state index contributed by atoms with van der Waals surface area (Å²) in [5.41, 5.74) is 0. The van der Waals surface area contributed by atoms with Crippen LogP contribution in [0.2, 0.25) is 0 Å². The van der Waals surface area contributed by atoms with Gasteiger partial charge in [-0.25, -0.2) is 4.79 Å². The number of ether oxygens (including phenoxy) is 7. The molecule has 13 unspecified atom stereocenters. The normalized spacial score (nSPS) is 41.7. The maximum atomic E-state index is 12.4. The number of rotatable bonds is 15. The van der Waals surface area contributed by atoms with Crippen LogP contribution in [-0.4, -0.2) is 154 Å². The number of aliphatic hydroxyl groups excluding tert-OH is 6. The van der Waals surface area contributed by atoms with Crippen LogP contribution in [-0.2, 0) is 38.0 Å². The van der Waals surface area contributed by atoms with E-state index in [9.17, 15) is 40.5 Å². The fourth-order valence-electron chi connectivity index (χ4n) is 6.74. The van der Waals surface area contributed by atoms with E-state index in [1.54, 1.807) is 0 Å². The molecule has 7 N–H and O–H groups in total. The Balaban J connectivity index is 1.57. The fourth-order valence-corrected chi connectivity index (χ4v) is 6.74. The molecule has 0 aromatic carbocycles. The third kappa shape index (κ3) is 9.34. The van der Waals surface area contributed by atoms with Gasteiger partial charge in [-0.3, -0.25) is 0 Å². The van der Waals surface area contributed by atoms with Crippen molar-refractivity contribution in [1.82, 2.24) is 0 Å². The Kier molecular flexibility index (Phi) is 14.8. The molecule has 0 amide bonds. The average molecular weight is 667 g/mol. The summed E-state index contributed by atoms with van der Waals surface area (Å²) in [5.74, 6) is -0.993. The SMILES string of the molecule is CCCCOC1C(OC2CCOC(CO)C2OC2OC(C)C(O)C(O)C2O)OC(CO)C(O)C1O[C@@H](CC1CCCCC1)C(=O)O. The molecule has 0 aromatic heterocycles. The topological polar surface area (TPSA) is 223 Å². The monoisotopic (exact) mass is 666 g/mol. The summed E-state index contributed by atoms with van der Waals surface area (Å²) < 4.78 is 42.1. The van der Waals surface area contributed by atoms with Crippen LogP contribution in [0.5, 0.6) is 0 Å². The Hall–Kier alpha value is -1.05. The molecule has 0 radical (unpaired) electrons. The third-order valence-corrected chi connectivity index (χ3v) is 9.53. The van der Waals surface area contributed by atoms with Gasteiger partial charge >= 0.3 is 5.97 Å². The summed E-state index contributed by atoms with van der Waals surface area (Å²) in [5, 5.41) is 72.6. The smallest absolute Gasteiger partial charge is 0.332 e. The molecule has 15 nitrogen and oxygen atoms in total. The largest absolute Gasteiger partial charge is 0.479 e. The first-order valence-corrected chi connectivity index (χ1v) is 16.8. The van der Waals surface area contributed by atoms with Crippen molar-refractivity contribution in [3.05, 3.63) is 0 Å². The maximum Gasteiger partial charge on any atom is 0.332 e. The predicted octanol–water partition coefficient (Wildman–Crippen LogP) is -0.562. The van der Waals surface area contributed by atoms with E-state index in [4.69, 9.17) is 33.2 Å². The van der Waals surface area contributed by atoms with Crippen LogP contribution < -0.4 is 0 Å². The lowest BCUT2D eigenvalue weighted by Crippen LogP contribution is -2.64. The Morgan fingerprint density at radius 2 is 1.54 bits per heavy atom. The van der Waals surface area contributed by atoms with Gasteiger partial charge in [-0.1, -0.05) is 45.4 Å². The van der Waals surface area contributed by atoms with Crippen molar-refractivity contribution in [2.24, 2.45) is 5.92 Å². The summed E-state index contributed by atoms with van der Waals surface area (Å²) in [6.07, 6.45) is -10.3. The number of carbonyl (C=O) groups is 1. The van der Waals surface area contributed by atoms with E-state index in [1.807, 2.05) is 6.92 Å². The van der Waals surface area contributed by atoms with Crippen LogP contribution in [0.4, 0.5) is 0 Å². The van der Waals surface area contributed by atoms with Gasteiger partial charge in [0.1, 0.15) is 54.9 Å². The van der Waals surface area contributed by atoms with Crippen LogP contribution in [0.1, 0.15) is 71.6 Å². The number of aliphatic carboxylic acids is 1. The zero-order valence-electron chi connectivity index (χ0n) is 26.7. The molecule has 0 aromatic rings. The lowest BCUT2D eigenvalue weighted by molar-refractivity contribution is -0.360. The van der Waals surface area contributed by atoms with Gasteiger partial charge in [-0.15, -0.1) is 0 Å². The van der Waals surface area contributed by atoms with E-state index >= 15 is 0 Å². The number of aliphatic hydroxyl groups is 6. The highest BCUT2D eigenvalue weighted by atomic mass is 16.7. The second kappa shape index (κ2) is 18.1. The minimum atomic E-state index is -1.62. The molecule has 4 rings (SSSR count). The predicted molar refractivity (Wildman–Crippen MR) is 157 cm³/mol. The Morgan fingerprint density at radius 3 is 2.20 bits per heavy atom. The summed E-state index contributed by atoms with van der Waals surface area (Å²) in [6, 6.07) is 0. The van der Waals surface area contributed by atoms with E-state index in [0.717, 1.165) is 38.5 Å². The molecular formula is C31H54O15. The number of unbranched alkanes of at least 4 members (excludes halogenated alkanes) is 1. The highest BCUT2D eigenvalue weighted by molar-refractivity contribution is 5.72. The van der Waals surface area contributed by atoms with Crippen LogP contribution >= 0.6 is 0 Å². The van der Waals surface area contributed by atoms with Gasteiger partial charge in [0.15, 0.2) is 18.7 Å². The first kappa shape index (κ1) is 37.8. The van der Waals surface area contributed by atoms with E-state index in [1.165, 1.54) is 6.92 Å². The Morgan fingerprint density at radius 1 is 0.826 bits per heavy atom. The minimum Gasteiger partial charge on any atom is -0.479 e. The molecule has 4 aliphatic rings. The molecule has 15 heteroatoms. The number of hydrogen-bond donors (Lipinski definition) is 7. The highest BCUT2D eigenvalue weighted by Crippen LogP contribution is 2.35. The zero-order valence-corrected chi connectivity index (χ0v) is 26.7. The van der Waals surface area contributed by atoms with E-state index in [-0.39, 0.29) is 32.0 Å². The molecule has 1 aliphatic carbocycles. The van der Waals surface area contributed by atoms with Gasteiger partial charge < -0.3 is 68.9 Å². The average Bonchev–Trinajstić information content (AvgIpc) is 3.05. The molecule has 3 saturated heterocycles. The number of carboxylic acid groups (broad SMARTS) is 1. The quantitative estimate of drug-likeness (QED) is 0.109. The first-order chi connectivity index (χ1) is 22.1. The zero-order chi connectivity index (χ0) is 33.4. The Bertz CT molecular complexity index is 905. The molecule has 268 valence electrons. The van der Waals surface area contributed by atoms with Gasteiger partial charge in [-0.05, 0) is 32.1 Å². The highest BCUT2D eigenvalue weighted by Gasteiger charge is 2.52. The standard InChI is InChI=1S/C31H54O15/c1-3-4-11-41-28-27(43-19(29(38)39)13-17-8-6-5-7-9-17)23(35)20(14-32)45-31(28)44-18-10-12-40-21(15-33)26(18)46-30-25(37)24(36)22(34)16(2)42-30/h16-28,30-37H,3-15H2,1-2H3,(H,38,39)/t16?,18?,19-,20?,21?,22?,23?,24?,25?,26?,27?,28?,30?,31?/m0/s1. The summed E-state index contributed by atoms with van der Waals surface area (Å²) >= 11 is 0. The van der Waals surface area contributed by atoms with Crippen molar-refractivity contribution in [2.75, 3.05) is 26.4 Å². The van der Waals surface area contributed by atoms with Gasteiger partial charge in [0.2, 0.25) is 0 Å². The molecule has 46 heavy (non-hydrogen) atoms. The first-order valence-electron chi connectivity index (χ1n) is 16.8. The van der Waals surface area contributed by atoms with Crippen LogP contribution in [0.3, 0.4) is 0 Å². The molecular weight excluding hydrogens is 612 g/mol. The van der Waals surface area contributed by atoms with Crippen LogP contribution in [0.15, 0.2) is 0 Å². The van der Waals surface area contributed by atoms with E-state index in [2.05, 4.69) is 0 Å². The van der Waals surface area contributed by atoms with E-state index < -0.39 is 105 Å².